The van der Waals surface area contributed by atoms with Gasteiger partial charge >= 0.3 is 5.97 Å². The van der Waals surface area contributed by atoms with Crippen molar-refractivity contribution in [1.82, 2.24) is 14.5 Å². The maximum atomic E-state index is 12.7. The first kappa shape index (κ1) is 19.3. The number of sulfonamides is 1. The number of carbonyl (C=O) groups excluding carboxylic acids is 2. The number of hydrogen-bond acceptors (Lipinski definition) is 5. The summed E-state index contributed by atoms with van der Waals surface area (Å²) in [7, 11) is -3.84. The van der Waals surface area contributed by atoms with E-state index in [0.717, 1.165) is 4.31 Å². The Hall–Kier alpha value is -2.46. The Morgan fingerprint density at radius 3 is 2.44 bits per heavy atom. The van der Waals surface area contributed by atoms with Crippen LogP contribution in [0.2, 0.25) is 0 Å². The minimum Gasteiger partial charge on any atom is -0.480 e. The average Bonchev–Trinajstić information content (AvgIpc) is 3.04. The molecule has 1 aromatic carbocycles. The highest BCUT2D eigenvalue weighted by atomic mass is 32.2. The zero-order valence-corrected chi connectivity index (χ0v) is 15.7. The highest BCUT2D eigenvalue weighted by molar-refractivity contribution is 7.89. The van der Waals surface area contributed by atoms with Crippen molar-refractivity contribution in [2.24, 2.45) is 0 Å². The first-order valence-corrected chi connectivity index (χ1v) is 10.0. The highest BCUT2D eigenvalue weighted by Gasteiger charge is 2.46. The average molecular weight is 395 g/mol. The van der Waals surface area contributed by atoms with Gasteiger partial charge < -0.3 is 15.3 Å². The van der Waals surface area contributed by atoms with Gasteiger partial charge in [0, 0.05) is 25.2 Å². The van der Waals surface area contributed by atoms with Crippen LogP contribution in [0.1, 0.15) is 30.1 Å². The van der Waals surface area contributed by atoms with Crippen LogP contribution < -0.4 is 5.32 Å². The molecule has 0 bridgehead atoms. The van der Waals surface area contributed by atoms with Crippen LogP contribution in [0.15, 0.2) is 29.2 Å². The number of hydrogen-bond donors (Lipinski definition) is 2. The minimum atomic E-state index is -3.84. The Morgan fingerprint density at radius 2 is 1.85 bits per heavy atom. The lowest BCUT2D eigenvalue weighted by Gasteiger charge is -2.31. The summed E-state index contributed by atoms with van der Waals surface area (Å²) in [4.78, 5) is 37.0. The summed E-state index contributed by atoms with van der Waals surface area (Å²) in [6.45, 7) is 2.04. The van der Waals surface area contributed by atoms with Crippen LogP contribution in [0.4, 0.5) is 0 Å². The Bertz CT molecular complexity index is 882. The fraction of sp³-hybridized carbons (Fsp3) is 0.471. The Kier molecular flexibility index (Phi) is 4.96. The third kappa shape index (κ3) is 3.42. The van der Waals surface area contributed by atoms with Gasteiger partial charge in [-0.25, -0.2) is 13.2 Å². The van der Waals surface area contributed by atoms with Crippen molar-refractivity contribution in [1.29, 1.82) is 0 Å². The van der Waals surface area contributed by atoms with E-state index >= 15 is 0 Å². The van der Waals surface area contributed by atoms with E-state index in [-0.39, 0.29) is 36.0 Å². The van der Waals surface area contributed by atoms with Crippen LogP contribution in [0.3, 0.4) is 0 Å². The van der Waals surface area contributed by atoms with Gasteiger partial charge in [-0.15, -0.1) is 0 Å². The van der Waals surface area contributed by atoms with Gasteiger partial charge in [-0.3, -0.25) is 9.59 Å². The van der Waals surface area contributed by atoms with Crippen LogP contribution >= 0.6 is 0 Å². The van der Waals surface area contributed by atoms with Gasteiger partial charge in [0.2, 0.25) is 15.9 Å². The van der Waals surface area contributed by atoms with Gasteiger partial charge in [-0.2, -0.15) is 4.31 Å². The molecule has 2 saturated heterocycles. The summed E-state index contributed by atoms with van der Waals surface area (Å²) in [6, 6.07) is 5.37. The van der Waals surface area contributed by atoms with Crippen molar-refractivity contribution in [2.75, 3.05) is 26.2 Å². The largest absolute Gasteiger partial charge is 0.480 e. The summed E-state index contributed by atoms with van der Waals surface area (Å²) in [5.41, 5.74) is -1.04. The highest BCUT2D eigenvalue weighted by Crippen LogP contribution is 2.31. The molecule has 1 unspecified atom stereocenters. The van der Waals surface area contributed by atoms with E-state index < -0.39 is 27.4 Å². The zero-order chi connectivity index (χ0) is 19.8. The molecule has 2 aliphatic rings. The lowest BCUT2D eigenvalue weighted by atomic mass is 9.98. The van der Waals surface area contributed by atoms with Crippen LogP contribution in [0, 0.1) is 0 Å². The molecule has 0 aliphatic carbocycles. The third-order valence-corrected chi connectivity index (χ3v) is 6.95. The molecule has 1 aromatic rings. The van der Waals surface area contributed by atoms with Crippen LogP contribution in [-0.2, 0) is 19.6 Å². The number of benzene rings is 1. The maximum absolute atomic E-state index is 12.7. The van der Waals surface area contributed by atoms with Gasteiger partial charge in [0.05, 0.1) is 11.4 Å². The van der Waals surface area contributed by atoms with Crippen molar-refractivity contribution in [3.8, 4) is 0 Å². The number of aliphatic carboxylic acids is 1. The van der Waals surface area contributed by atoms with Crippen molar-refractivity contribution in [3.63, 3.8) is 0 Å². The number of carboxylic acid groups (broad SMARTS) is 1. The van der Waals surface area contributed by atoms with E-state index in [4.69, 9.17) is 0 Å². The van der Waals surface area contributed by atoms with E-state index in [2.05, 4.69) is 5.32 Å². The SMILES string of the molecule is CC1(C(=O)O)CCCN1C(=O)c1ccc(S(=O)(=O)N2CCNC(=O)C2)cc1. The predicted octanol–water partition coefficient (Wildman–Crippen LogP) is -0.114. The summed E-state index contributed by atoms with van der Waals surface area (Å²) >= 11 is 0. The van der Waals surface area contributed by atoms with Gasteiger partial charge in [-0.1, -0.05) is 0 Å². The molecule has 2 N–H and O–H groups in total. The second-order valence-corrected chi connectivity index (χ2v) is 8.79. The van der Waals surface area contributed by atoms with Crippen LogP contribution in [0.25, 0.3) is 0 Å². The van der Waals surface area contributed by atoms with E-state index in [1.54, 1.807) is 0 Å². The van der Waals surface area contributed by atoms with E-state index in [9.17, 15) is 27.9 Å². The molecule has 27 heavy (non-hydrogen) atoms. The molecular formula is C17H21N3O6S. The second kappa shape index (κ2) is 6.93. The third-order valence-electron chi connectivity index (χ3n) is 5.09. The summed E-state index contributed by atoms with van der Waals surface area (Å²) < 4.78 is 26.4. The lowest BCUT2D eigenvalue weighted by Crippen LogP contribution is -2.50. The Balaban J connectivity index is 1.82. The monoisotopic (exact) mass is 395 g/mol. The fourth-order valence-electron chi connectivity index (χ4n) is 3.41. The molecule has 2 amide bonds. The van der Waals surface area contributed by atoms with Gasteiger partial charge in [0.15, 0.2) is 0 Å². The van der Waals surface area contributed by atoms with E-state index in [1.807, 2.05) is 0 Å². The zero-order valence-electron chi connectivity index (χ0n) is 14.8. The number of nitrogens with one attached hydrogen (secondary N) is 1. The number of piperazine rings is 1. The van der Waals surface area contributed by atoms with Crippen molar-refractivity contribution < 1.29 is 27.9 Å². The molecule has 9 nitrogen and oxygen atoms in total. The molecule has 2 fully saturated rings. The number of rotatable bonds is 4. The smallest absolute Gasteiger partial charge is 0.329 e. The summed E-state index contributed by atoms with van der Waals surface area (Å²) in [6.07, 6.45) is 0.968. The maximum Gasteiger partial charge on any atom is 0.329 e. The van der Waals surface area contributed by atoms with Crippen LogP contribution in [0.5, 0.6) is 0 Å². The minimum absolute atomic E-state index is 0.0174. The number of nitrogens with zero attached hydrogens (tertiary/aromatic N) is 2. The normalized spacial score (nSPS) is 23.9. The second-order valence-electron chi connectivity index (χ2n) is 6.85. The lowest BCUT2D eigenvalue weighted by molar-refractivity contribution is -0.147. The van der Waals surface area contributed by atoms with E-state index in [1.165, 1.54) is 36.1 Å². The molecule has 0 aromatic heterocycles. The van der Waals surface area contributed by atoms with Crippen molar-refractivity contribution in [2.45, 2.75) is 30.2 Å². The van der Waals surface area contributed by atoms with E-state index in [0.29, 0.717) is 19.4 Å². The molecule has 3 rings (SSSR count). The van der Waals surface area contributed by atoms with Crippen molar-refractivity contribution >= 4 is 27.8 Å². The molecule has 146 valence electrons. The topological polar surface area (TPSA) is 124 Å². The van der Waals surface area contributed by atoms with Gasteiger partial charge in [0.1, 0.15) is 5.54 Å². The molecule has 0 radical (unpaired) electrons. The number of amides is 2. The predicted molar refractivity (Wildman–Crippen MR) is 94.5 cm³/mol. The molecule has 10 heteroatoms. The van der Waals surface area contributed by atoms with Gasteiger partial charge in [0.25, 0.3) is 5.91 Å². The molecule has 2 aliphatic heterocycles. The first-order chi connectivity index (χ1) is 12.7. The molecular weight excluding hydrogens is 374 g/mol. The standard InChI is InChI=1S/C17H21N3O6S/c1-17(16(23)24)7-2-9-20(17)15(22)12-3-5-13(6-4-12)27(25,26)19-10-8-18-14(21)11-19/h3-6H,2,7-11H2,1H3,(H,18,21)(H,23,24). The number of carbonyl (C=O) groups is 3. The Labute approximate surface area is 157 Å². The van der Waals surface area contributed by atoms with Crippen molar-refractivity contribution in [3.05, 3.63) is 29.8 Å². The molecule has 0 saturated carbocycles. The Morgan fingerprint density at radius 1 is 1.19 bits per heavy atom. The molecule has 1 atom stereocenters. The van der Waals surface area contributed by atoms with Gasteiger partial charge in [-0.05, 0) is 44.0 Å². The van der Waals surface area contributed by atoms with Crippen LogP contribution in [-0.4, -0.2) is 72.2 Å². The summed E-state index contributed by atoms with van der Waals surface area (Å²) in [5.74, 6) is -1.87. The molecule has 0 spiro atoms. The molecule has 2 heterocycles. The quantitative estimate of drug-likeness (QED) is 0.733. The number of carboxylic acids is 1. The summed E-state index contributed by atoms with van der Waals surface area (Å²) in [5, 5.41) is 12.0. The first-order valence-electron chi connectivity index (χ1n) is 8.58. The number of likely N-dealkylation sites (tertiary alicyclic amines) is 1. The fourth-order valence-corrected chi connectivity index (χ4v) is 4.80.